The van der Waals surface area contributed by atoms with Gasteiger partial charge in [-0.05, 0) is 125 Å². The van der Waals surface area contributed by atoms with Gasteiger partial charge in [0.2, 0.25) is 0 Å². The van der Waals surface area contributed by atoms with Crippen molar-refractivity contribution in [2.45, 2.75) is 0 Å². The Labute approximate surface area is 271 Å². The second-order valence-corrected chi connectivity index (χ2v) is 12.6. The molecule has 1 aromatic heterocycles. The van der Waals surface area contributed by atoms with E-state index in [1.54, 1.807) is 0 Å². The lowest BCUT2D eigenvalue weighted by molar-refractivity contribution is 0.669. The lowest BCUT2D eigenvalue weighted by Gasteiger charge is -2.12. The summed E-state index contributed by atoms with van der Waals surface area (Å²) < 4.78 is 6.48. The molecular formula is C46H28O. The van der Waals surface area contributed by atoms with Gasteiger partial charge < -0.3 is 4.42 Å². The third-order valence-electron chi connectivity index (χ3n) is 9.81. The third-order valence-corrected chi connectivity index (χ3v) is 9.81. The van der Waals surface area contributed by atoms with E-state index in [9.17, 15) is 0 Å². The third kappa shape index (κ3) is 4.25. The molecule has 0 atom stereocenters. The molecule has 1 nitrogen and oxygen atoms in total. The Morgan fingerprint density at radius 2 is 0.702 bits per heavy atom. The Morgan fingerprint density at radius 3 is 1.38 bits per heavy atom. The van der Waals surface area contributed by atoms with Crippen LogP contribution in [0.1, 0.15) is 0 Å². The summed E-state index contributed by atoms with van der Waals surface area (Å²) in [5, 5.41) is 12.4. The second-order valence-electron chi connectivity index (χ2n) is 12.6. The Morgan fingerprint density at radius 1 is 0.255 bits per heavy atom. The van der Waals surface area contributed by atoms with Crippen molar-refractivity contribution in [3.05, 3.63) is 170 Å². The Balaban J connectivity index is 1.02. The van der Waals surface area contributed by atoms with Gasteiger partial charge in [-0.15, -0.1) is 0 Å². The van der Waals surface area contributed by atoms with Gasteiger partial charge in [0, 0.05) is 10.8 Å². The molecule has 47 heavy (non-hydrogen) atoms. The largest absolute Gasteiger partial charge is 0.456 e. The molecule has 0 aliphatic rings. The molecule has 1 heteroatoms. The van der Waals surface area contributed by atoms with Crippen LogP contribution in [-0.4, -0.2) is 0 Å². The summed E-state index contributed by atoms with van der Waals surface area (Å²) >= 11 is 0. The normalized spacial score (nSPS) is 11.8. The molecular weight excluding hydrogens is 569 g/mol. The molecule has 218 valence electrons. The minimum atomic E-state index is 0.909. The molecule has 0 N–H and O–H groups in total. The van der Waals surface area contributed by atoms with Crippen molar-refractivity contribution in [2.24, 2.45) is 0 Å². The summed E-state index contributed by atoms with van der Waals surface area (Å²) in [6.07, 6.45) is 0. The minimum Gasteiger partial charge on any atom is -0.456 e. The van der Waals surface area contributed by atoms with E-state index >= 15 is 0 Å². The van der Waals surface area contributed by atoms with E-state index in [-0.39, 0.29) is 0 Å². The predicted molar refractivity (Wildman–Crippen MR) is 200 cm³/mol. The van der Waals surface area contributed by atoms with Crippen molar-refractivity contribution in [1.29, 1.82) is 0 Å². The molecule has 0 amide bonds. The van der Waals surface area contributed by atoms with Crippen LogP contribution in [0.2, 0.25) is 0 Å². The first kappa shape index (κ1) is 26.1. The molecule has 0 unspecified atom stereocenters. The molecule has 10 rings (SSSR count). The summed E-state index contributed by atoms with van der Waals surface area (Å²) in [5.41, 5.74) is 9.01. The van der Waals surface area contributed by atoms with Crippen LogP contribution >= 0.6 is 0 Å². The summed E-state index contributed by atoms with van der Waals surface area (Å²) in [5.74, 6) is 0. The van der Waals surface area contributed by atoms with Crippen molar-refractivity contribution in [2.75, 3.05) is 0 Å². The fourth-order valence-electron chi connectivity index (χ4n) is 7.39. The average Bonchev–Trinajstić information content (AvgIpc) is 3.51. The topological polar surface area (TPSA) is 13.1 Å². The summed E-state index contributed by atoms with van der Waals surface area (Å²) in [4.78, 5) is 0. The highest BCUT2D eigenvalue weighted by Crippen LogP contribution is 2.38. The molecule has 0 saturated carbocycles. The Hall–Kier alpha value is -6.18. The molecule has 0 aliphatic carbocycles. The fourth-order valence-corrected chi connectivity index (χ4v) is 7.39. The zero-order valence-corrected chi connectivity index (χ0v) is 25.6. The highest BCUT2D eigenvalue weighted by Gasteiger charge is 2.12. The monoisotopic (exact) mass is 596 g/mol. The van der Waals surface area contributed by atoms with Gasteiger partial charge in [-0.1, -0.05) is 121 Å². The lowest BCUT2D eigenvalue weighted by atomic mass is 9.92. The van der Waals surface area contributed by atoms with Gasteiger partial charge in [0.05, 0.1) is 0 Å². The number of rotatable bonds is 3. The maximum atomic E-state index is 6.48. The van der Waals surface area contributed by atoms with Crippen molar-refractivity contribution < 1.29 is 4.42 Å². The Kier molecular flexibility index (Phi) is 5.64. The maximum Gasteiger partial charge on any atom is 0.136 e. The van der Waals surface area contributed by atoms with Gasteiger partial charge in [-0.25, -0.2) is 0 Å². The molecule has 1 heterocycles. The SMILES string of the molecule is c1ccc2cc(-c3ccc4c(c3)oc3cc(-c5ccc6cc(-c7cc8ccccc8c8ccccc78)ccc6c5)ccc34)ccc2c1. The minimum absolute atomic E-state index is 0.909. The van der Waals surface area contributed by atoms with Crippen LogP contribution < -0.4 is 0 Å². The van der Waals surface area contributed by atoms with E-state index < -0.39 is 0 Å². The van der Waals surface area contributed by atoms with E-state index in [1.165, 1.54) is 65.3 Å². The molecule has 0 aliphatic heterocycles. The zero-order valence-electron chi connectivity index (χ0n) is 25.6. The molecule has 0 bridgehead atoms. The molecule has 0 fully saturated rings. The van der Waals surface area contributed by atoms with Crippen LogP contribution in [-0.2, 0) is 0 Å². The molecule has 10 aromatic rings. The van der Waals surface area contributed by atoms with Crippen molar-refractivity contribution >= 4 is 65.0 Å². The average molecular weight is 597 g/mol. The maximum absolute atomic E-state index is 6.48. The van der Waals surface area contributed by atoms with Crippen LogP contribution in [0.4, 0.5) is 0 Å². The highest BCUT2D eigenvalue weighted by atomic mass is 16.3. The van der Waals surface area contributed by atoms with Gasteiger partial charge in [-0.2, -0.15) is 0 Å². The first-order chi connectivity index (χ1) is 23.2. The first-order valence-electron chi connectivity index (χ1n) is 16.2. The number of benzene rings is 9. The molecule has 0 saturated heterocycles. The van der Waals surface area contributed by atoms with Crippen LogP contribution in [0.25, 0.3) is 98.4 Å². The molecule has 0 radical (unpaired) electrons. The van der Waals surface area contributed by atoms with Crippen LogP contribution in [0.5, 0.6) is 0 Å². The van der Waals surface area contributed by atoms with Gasteiger partial charge in [-0.3, -0.25) is 0 Å². The Bertz CT molecular complexity index is 2850. The zero-order chi connectivity index (χ0) is 30.9. The van der Waals surface area contributed by atoms with Crippen molar-refractivity contribution in [1.82, 2.24) is 0 Å². The van der Waals surface area contributed by atoms with Crippen molar-refractivity contribution in [3.63, 3.8) is 0 Å². The van der Waals surface area contributed by atoms with Crippen LogP contribution in [0.15, 0.2) is 174 Å². The number of furan rings is 1. The van der Waals surface area contributed by atoms with Crippen molar-refractivity contribution in [3.8, 4) is 33.4 Å². The van der Waals surface area contributed by atoms with Crippen LogP contribution in [0, 0.1) is 0 Å². The smallest absolute Gasteiger partial charge is 0.136 e. The summed E-state index contributed by atoms with van der Waals surface area (Å²) in [6, 6.07) is 61.6. The predicted octanol–water partition coefficient (Wildman–Crippen LogP) is 13.2. The van der Waals surface area contributed by atoms with E-state index in [4.69, 9.17) is 4.42 Å². The molecule has 0 spiro atoms. The number of hydrogen-bond acceptors (Lipinski definition) is 1. The van der Waals surface area contributed by atoms with Gasteiger partial charge in [0.25, 0.3) is 0 Å². The van der Waals surface area contributed by atoms with E-state index in [0.29, 0.717) is 0 Å². The van der Waals surface area contributed by atoms with Crippen LogP contribution in [0.3, 0.4) is 0 Å². The lowest BCUT2D eigenvalue weighted by Crippen LogP contribution is -1.85. The molecule has 9 aromatic carbocycles. The standard InChI is InChI=1S/C46H28O/c1-2-8-30-23-32(14-13-29(30)7-1)35-19-21-42-43-22-20-36(28-46(43)47-45(42)27-35)33-15-16-34-25-38(18-17-31(34)24-33)44-26-37-9-3-4-10-39(37)40-11-5-6-12-41(40)44/h1-28H. The van der Waals surface area contributed by atoms with E-state index in [2.05, 4.69) is 170 Å². The first-order valence-corrected chi connectivity index (χ1v) is 16.2. The fraction of sp³-hybridized carbons (Fsp3) is 0. The quantitative estimate of drug-likeness (QED) is 0.185. The van der Waals surface area contributed by atoms with E-state index in [1.807, 2.05) is 0 Å². The summed E-state index contributed by atoms with van der Waals surface area (Å²) in [6.45, 7) is 0. The number of hydrogen-bond donors (Lipinski definition) is 0. The summed E-state index contributed by atoms with van der Waals surface area (Å²) in [7, 11) is 0. The van der Waals surface area contributed by atoms with Gasteiger partial charge >= 0.3 is 0 Å². The highest BCUT2D eigenvalue weighted by molar-refractivity contribution is 6.14. The van der Waals surface area contributed by atoms with E-state index in [0.717, 1.165) is 33.1 Å². The van der Waals surface area contributed by atoms with Gasteiger partial charge in [0.1, 0.15) is 11.2 Å². The number of fused-ring (bicyclic) bond motifs is 8. The second kappa shape index (κ2) is 10.2. The van der Waals surface area contributed by atoms with Gasteiger partial charge in [0.15, 0.2) is 0 Å².